The molecule has 0 aliphatic carbocycles. The van der Waals surface area contributed by atoms with Crippen molar-refractivity contribution in [2.75, 3.05) is 6.54 Å². The van der Waals surface area contributed by atoms with Gasteiger partial charge in [-0.1, -0.05) is 41.4 Å². The first kappa shape index (κ1) is 18.1. The number of fused-ring (bicyclic) bond motifs is 1. The fraction of sp³-hybridized carbons (Fsp3) is 0.455. The SMILES string of the molecule is Cc1ccc(-c2cc(C(=O)N3CCCC3c3nnc4n3CCCCC4)on2)cc1. The van der Waals surface area contributed by atoms with Crippen LogP contribution in [0.5, 0.6) is 0 Å². The van der Waals surface area contributed by atoms with E-state index < -0.39 is 0 Å². The van der Waals surface area contributed by atoms with Gasteiger partial charge < -0.3 is 14.0 Å². The van der Waals surface area contributed by atoms with Crippen LogP contribution in [0.3, 0.4) is 0 Å². The fourth-order valence-electron chi connectivity index (χ4n) is 4.41. The molecule has 29 heavy (non-hydrogen) atoms. The minimum atomic E-state index is -0.121. The van der Waals surface area contributed by atoms with Crippen LogP contribution in [0.25, 0.3) is 11.3 Å². The Morgan fingerprint density at radius 3 is 2.79 bits per heavy atom. The molecule has 1 amide bonds. The lowest BCUT2D eigenvalue weighted by atomic mass is 10.1. The van der Waals surface area contributed by atoms with Crippen molar-refractivity contribution in [1.82, 2.24) is 24.8 Å². The van der Waals surface area contributed by atoms with Gasteiger partial charge in [0.15, 0.2) is 5.82 Å². The van der Waals surface area contributed by atoms with E-state index >= 15 is 0 Å². The maximum Gasteiger partial charge on any atom is 0.293 e. The molecule has 1 unspecified atom stereocenters. The van der Waals surface area contributed by atoms with Gasteiger partial charge in [0.05, 0.1) is 6.04 Å². The highest BCUT2D eigenvalue weighted by molar-refractivity contribution is 5.92. The van der Waals surface area contributed by atoms with E-state index in [-0.39, 0.29) is 17.7 Å². The van der Waals surface area contributed by atoms with E-state index in [0.717, 1.165) is 55.9 Å². The van der Waals surface area contributed by atoms with E-state index in [1.807, 2.05) is 36.1 Å². The predicted octanol–water partition coefficient (Wildman–Crippen LogP) is 3.95. The van der Waals surface area contributed by atoms with Gasteiger partial charge in [-0.2, -0.15) is 0 Å². The van der Waals surface area contributed by atoms with Crippen LogP contribution in [0.4, 0.5) is 0 Å². The molecule has 2 aliphatic rings. The van der Waals surface area contributed by atoms with Gasteiger partial charge in [0.2, 0.25) is 5.76 Å². The molecule has 0 radical (unpaired) electrons. The number of amides is 1. The lowest BCUT2D eigenvalue weighted by Crippen LogP contribution is -2.32. The van der Waals surface area contributed by atoms with Crippen LogP contribution >= 0.6 is 0 Å². The van der Waals surface area contributed by atoms with Gasteiger partial charge in [-0.25, -0.2) is 0 Å². The van der Waals surface area contributed by atoms with E-state index in [4.69, 9.17) is 4.52 Å². The Labute approximate surface area is 169 Å². The summed E-state index contributed by atoms with van der Waals surface area (Å²) < 4.78 is 7.68. The van der Waals surface area contributed by atoms with Crippen molar-refractivity contribution in [3.8, 4) is 11.3 Å². The second kappa shape index (κ2) is 7.46. The van der Waals surface area contributed by atoms with E-state index in [1.165, 1.54) is 12.0 Å². The average molecular weight is 391 g/mol. The quantitative estimate of drug-likeness (QED) is 0.676. The van der Waals surface area contributed by atoms with Crippen molar-refractivity contribution in [1.29, 1.82) is 0 Å². The number of carbonyl (C=O) groups is 1. The van der Waals surface area contributed by atoms with Crippen LogP contribution in [0, 0.1) is 6.92 Å². The number of hydrogen-bond donors (Lipinski definition) is 0. The molecule has 2 aromatic heterocycles. The maximum absolute atomic E-state index is 13.2. The predicted molar refractivity (Wildman–Crippen MR) is 107 cm³/mol. The number of benzene rings is 1. The highest BCUT2D eigenvalue weighted by atomic mass is 16.5. The smallest absolute Gasteiger partial charge is 0.293 e. The van der Waals surface area contributed by atoms with Crippen LogP contribution in [-0.4, -0.2) is 37.3 Å². The van der Waals surface area contributed by atoms with Crippen molar-refractivity contribution in [2.24, 2.45) is 0 Å². The summed E-state index contributed by atoms with van der Waals surface area (Å²) in [5.41, 5.74) is 2.81. The lowest BCUT2D eigenvalue weighted by molar-refractivity contribution is 0.0684. The Morgan fingerprint density at radius 2 is 1.93 bits per heavy atom. The molecule has 1 aromatic carbocycles. The van der Waals surface area contributed by atoms with Gasteiger partial charge in [-0.05, 0) is 32.6 Å². The molecule has 1 atom stereocenters. The molecule has 2 aliphatic heterocycles. The highest BCUT2D eigenvalue weighted by Gasteiger charge is 2.36. The van der Waals surface area contributed by atoms with Gasteiger partial charge in [0.25, 0.3) is 5.91 Å². The number of hydrogen-bond acceptors (Lipinski definition) is 5. The van der Waals surface area contributed by atoms with Gasteiger partial charge in [-0.3, -0.25) is 4.79 Å². The number of nitrogens with zero attached hydrogens (tertiary/aromatic N) is 5. The Kier molecular flexibility index (Phi) is 4.66. The summed E-state index contributed by atoms with van der Waals surface area (Å²) in [5.74, 6) is 2.14. The minimum absolute atomic E-state index is 0.0465. The fourth-order valence-corrected chi connectivity index (χ4v) is 4.41. The van der Waals surface area contributed by atoms with Crippen LogP contribution in [0.2, 0.25) is 0 Å². The summed E-state index contributed by atoms with van der Waals surface area (Å²) in [5, 5.41) is 13.0. The van der Waals surface area contributed by atoms with Crippen molar-refractivity contribution in [3.63, 3.8) is 0 Å². The number of aromatic nitrogens is 4. The van der Waals surface area contributed by atoms with E-state index in [2.05, 4.69) is 19.9 Å². The Hall–Kier alpha value is -2.96. The van der Waals surface area contributed by atoms with E-state index in [0.29, 0.717) is 12.2 Å². The van der Waals surface area contributed by atoms with E-state index in [9.17, 15) is 4.79 Å². The molecular formula is C22H25N5O2. The topological polar surface area (TPSA) is 77.0 Å². The largest absolute Gasteiger partial charge is 0.350 e. The summed E-state index contributed by atoms with van der Waals surface area (Å²) in [7, 11) is 0. The molecule has 3 aromatic rings. The van der Waals surface area contributed by atoms with E-state index in [1.54, 1.807) is 6.07 Å². The van der Waals surface area contributed by atoms with Gasteiger partial charge >= 0.3 is 0 Å². The third-order valence-corrected chi connectivity index (χ3v) is 6.02. The summed E-state index contributed by atoms with van der Waals surface area (Å²) in [4.78, 5) is 15.1. The van der Waals surface area contributed by atoms with Crippen LogP contribution in [0.15, 0.2) is 34.9 Å². The van der Waals surface area contributed by atoms with Crippen molar-refractivity contribution >= 4 is 5.91 Å². The maximum atomic E-state index is 13.2. The molecule has 0 spiro atoms. The zero-order valence-electron chi connectivity index (χ0n) is 16.7. The second-order valence-electron chi connectivity index (χ2n) is 8.04. The molecule has 1 fully saturated rings. The number of aryl methyl sites for hydroxylation is 2. The second-order valence-corrected chi connectivity index (χ2v) is 8.04. The molecule has 0 bridgehead atoms. The van der Waals surface area contributed by atoms with Crippen molar-refractivity contribution < 1.29 is 9.32 Å². The molecule has 150 valence electrons. The van der Waals surface area contributed by atoms with Gasteiger partial charge in [0, 0.05) is 31.1 Å². The monoisotopic (exact) mass is 391 g/mol. The third-order valence-electron chi connectivity index (χ3n) is 6.02. The molecule has 0 N–H and O–H groups in total. The average Bonchev–Trinajstić information content (AvgIpc) is 3.45. The summed E-state index contributed by atoms with van der Waals surface area (Å²) in [6, 6.07) is 9.73. The zero-order valence-corrected chi connectivity index (χ0v) is 16.7. The molecule has 0 saturated carbocycles. The molecule has 7 heteroatoms. The minimum Gasteiger partial charge on any atom is -0.350 e. The summed E-state index contributed by atoms with van der Waals surface area (Å²) >= 11 is 0. The number of carbonyl (C=O) groups excluding carboxylic acids is 1. The van der Waals surface area contributed by atoms with Crippen LogP contribution in [0.1, 0.15) is 65.9 Å². The molecular weight excluding hydrogens is 366 g/mol. The molecule has 7 nitrogen and oxygen atoms in total. The first-order valence-electron chi connectivity index (χ1n) is 10.5. The standard InChI is InChI=1S/C22H25N5O2/c1-15-8-10-16(11-9-15)17-14-19(29-25-17)22(28)26-13-5-6-18(26)21-24-23-20-7-3-2-4-12-27(20)21/h8-11,14,18H,2-7,12-13H2,1H3. The zero-order chi connectivity index (χ0) is 19.8. The van der Waals surface area contributed by atoms with Crippen molar-refractivity contribution in [2.45, 2.75) is 58.0 Å². The lowest BCUT2D eigenvalue weighted by Gasteiger charge is -2.23. The summed E-state index contributed by atoms with van der Waals surface area (Å²) in [6.07, 6.45) is 6.35. The Balaban J connectivity index is 1.40. The number of rotatable bonds is 3. The van der Waals surface area contributed by atoms with Crippen LogP contribution in [-0.2, 0) is 13.0 Å². The Bertz CT molecular complexity index is 1020. The van der Waals surface area contributed by atoms with Gasteiger partial charge in [0.1, 0.15) is 11.5 Å². The normalized spacial score (nSPS) is 19.2. The number of likely N-dealkylation sites (tertiary alicyclic amines) is 1. The molecule has 5 rings (SSSR count). The molecule has 1 saturated heterocycles. The van der Waals surface area contributed by atoms with Crippen LogP contribution < -0.4 is 0 Å². The first-order chi connectivity index (χ1) is 14.2. The van der Waals surface area contributed by atoms with Gasteiger partial charge in [-0.15, -0.1) is 10.2 Å². The highest BCUT2D eigenvalue weighted by Crippen LogP contribution is 2.34. The molecule has 4 heterocycles. The Morgan fingerprint density at radius 1 is 1.07 bits per heavy atom. The first-order valence-corrected chi connectivity index (χ1v) is 10.5. The third kappa shape index (κ3) is 3.34. The summed E-state index contributed by atoms with van der Waals surface area (Å²) in [6.45, 7) is 3.68. The van der Waals surface area contributed by atoms with Crippen molar-refractivity contribution in [3.05, 3.63) is 53.3 Å².